The summed E-state index contributed by atoms with van der Waals surface area (Å²) < 4.78 is 36.5. The van der Waals surface area contributed by atoms with Crippen molar-refractivity contribution >= 4 is 23.2 Å². The maximum absolute atomic E-state index is 12.5. The van der Waals surface area contributed by atoms with E-state index in [1.165, 1.54) is 0 Å². The van der Waals surface area contributed by atoms with Gasteiger partial charge in [0.1, 0.15) is 0 Å². The van der Waals surface area contributed by atoms with Gasteiger partial charge in [0, 0.05) is 0 Å². The van der Waals surface area contributed by atoms with Crippen LogP contribution in [-0.4, -0.2) is 10.5 Å². The van der Waals surface area contributed by atoms with Crippen molar-refractivity contribution in [3.8, 4) is 0 Å². The monoisotopic (exact) mass is 204 g/mol. The van der Waals surface area contributed by atoms with Gasteiger partial charge < -0.3 is 0 Å². The molecule has 11 heavy (non-hydrogen) atoms. The van der Waals surface area contributed by atoms with Crippen molar-refractivity contribution < 1.29 is 13.2 Å². The highest BCUT2D eigenvalue weighted by molar-refractivity contribution is 6.33. The molecule has 1 unspecified atom stereocenters. The highest BCUT2D eigenvalue weighted by Crippen LogP contribution is 2.40. The van der Waals surface area contributed by atoms with Crippen LogP contribution in [0.5, 0.6) is 0 Å². The zero-order valence-electron chi connectivity index (χ0n) is 5.33. The summed E-state index contributed by atoms with van der Waals surface area (Å²) in [6.45, 7) is 3.15. The topological polar surface area (TPSA) is 0 Å². The molecule has 0 aliphatic rings. The first-order chi connectivity index (χ1) is 4.81. The van der Waals surface area contributed by atoms with Crippen LogP contribution in [0.25, 0.3) is 0 Å². The summed E-state index contributed by atoms with van der Waals surface area (Å²) >= 11 is 9.04. The molecule has 0 aromatic rings. The van der Waals surface area contributed by atoms with Crippen molar-refractivity contribution in [2.45, 2.75) is 10.5 Å². The summed E-state index contributed by atoms with van der Waals surface area (Å²) in [6.07, 6.45) is 2.48. The molecule has 0 radical (unpaired) electrons. The molecule has 0 aliphatic carbocycles. The molecule has 0 spiro atoms. The molecule has 0 saturated carbocycles. The van der Waals surface area contributed by atoms with E-state index >= 15 is 0 Å². The average molecular weight is 205 g/mol. The Labute approximate surface area is 72.3 Å². The van der Waals surface area contributed by atoms with Crippen molar-refractivity contribution in [3.05, 3.63) is 24.8 Å². The number of alkyl halides is 5. The van der Waals surface area contributed by atoms with E-state index in [4.69, 9.17) is 11.6 Å². The minimum absolute atomic E-state index is 0.425. The highest BCUT2D eigenvalue weighted by atomic mass is 35.5. The van der Waals surface area contributed by atoms with E-state index in [-0.39, 0.29) is 0 Å². The Bertz CT molecular complexity index is 169. The van der Waals surface area contributed by atoms with Gasteiger partial charge in [-0.1, -0.05) is 30.3 Å². The number of allylic oxidation sites excluding steroid dienone is 3. The zero-order chi connectivity index (χ0) is 9.12. The van der Waals surface area contributed by atoms with Gasteiger partial charge in [0.25, 0.3) is 5.13 Å². The number of halogens is 5. The third-order valence-electron chi connectivity index (χ3n) is 0.820. The van der Waals surface area contributed by atoms with E-state index in [0.717, 1.165) is 12.2 Å². The second-order valence-corrected chi connectivity index (χ2v) is 2.74. The molecule has 0 nitrogen and oxygen atoms in total. The molecule has 0 aromatic carbocycles. The molecule has 0 aromatic heterocycles. The van der Waals surface area contributed by atoms with Gasteiger partial charge in [0.05, 0.1) is 0 Å². The molecule has 64 valence electrons. The molecule has 0 fully saturated rings. The highest BCUT2D eigenvalue weighted by Gasteiger charge is 2.50. The first-order valence-corrected chi connectivity index (χ1v) is 3.31. The van der Waals surface area contributed by atoms with Crippen molar-refractivity contribution in [2.75, 3.05) is 0 Å². The molecular weight excluding hydrogens is 200 g/mol. The summed E-state index contributed by atoms with van der Waals surface area (Å²) in [5.74, 6) is 0. The van der Waals surface area contributed by atoms with Crippen LogP contribution in [-0.2, 0) is 0 Å². The summed E-state index contributed by atoms with van der Waals surface area (Å²) in [4.78, 5) is 0. The van der Waals surface area contributed by atoms with E-state index < -0.39 is 10.5 Å². The van der Waals surface area contributed by atoms with Crippen molar-refractivity contribution in [3.63, 3.8) is 0 Å². The first-order valence-electron chi connectivity index (χ1n) is 2.56. The van der Waals surface area contributed by atoms with Crippen LogP contribution in [0, 0.1) is 0 Å². The predicted octanol–water partition coefficient (Wildman–Crippen LogP) is 3.46. The molecule has 0 rings (SSSR count). The Hall–Kier alpha value is -0.150. The Morgan fingerprint density at radius 3 is 1.91 bits per heavy atom. The number of rotatable bonds is 3. The lowest BCUT2D eigenvalue weighted by atomic mass is 10.3. The zero-order valence-corrected chi connectivity index (χ0v) is 6.84. The third kappa shape index (κ3) is 3.16. The average Bonchev–Trinajstić information content (AvgIpc) is 1.81. The van der Waals surface area contributed by atoms with Crippen LogP contribution < -0.4 is 0 Å². The Morgan fingerprint density at radius 2 is 1.64 bits per heavy atom. The molecule has 0 aliphatic heterocycles. The van der Waals surface area contributed by atoms with Crippen LogP contribution >= 0.6 is 23.2 Å². The SMILES string of the molecule is C=C/C=C/C(F)(Cl)C(F)(F)Cl. The minimum atomic E-state index is -4.12. The Kier molecular flexibility index (Phi) is 3.45. The quantitative estimate of drug-likeness (QED) is 0.488. The summed E-state index contributed by atoms with van der Waals surface area (Å²) in [7, 11) is 0. The Balaban J connectivity index is 4.46. The smallest absolute Gasteiger partial charge is 0.213 e. The van der Waals surface area contributed by atoms with E-state index in [0.29, 0.717) is 6.08 Å². The fraction of sp³-hybridized carbons (Fsp3) is 0.333. The lowest BCUT2D eigenvalue weighted by molar-refractivity contribution is 0.00630. The number of hydrogen-bond donors (Lipinski definition) is 0. The molecule has 0 heterocycles. The second-order valence-electron chi connectivity index (χ2n) is 1.72. The predicted molar refractivity (Wildman–Crippen MR) is 39.8 cm³/mol. The van der Waals surface area contributed by atoms with Gasteiger partial charge in [-0.15, -0.1) is 0 Å². The summed E-state index contributed by atoms with van der Waals surface area (Å²) in [6, 6.07) is 0. The van der Waals surface area contributed by atoms with Gasteiger partial charge in [-0.05, 0) is 17.7 Å². The molecular formula is C6H5Cl2F3. The lowest BCUT2D eigenvalue weighted by Gasteiger charge is -2.18. The fourth-order valence-electron chi connectivity index (χ4n) is 0.283. The van der Waals surface area contributed by atoms with Gasteiger partial charge in [-0.3, -0.25) is 0 Å². The second kappa shape index (κ2) is 3.50. The molecule has 0 saturated heterocycles. The summed E-state index contributed by atoms with van der Waals surface area (Å²) in [5, 5.41) is -7.48. The van der Waals surface area contributed by atoms with E-state index in [2.05, 4.69) is 18.2 Å². The van der Waals surface area contributed by atoms with Gasteiger partial charge in [0.15, 0.2) is 0 Å². The molecule has 0 bridgehead atoms. The molecule has 0 N–H and O–H groups in total. The number of hydrogen-bond acceptors (Lipinski definition) is 0. The van der Waals surface area contributed by atoms with Crippen LogP contribution in [0.15, 0.2) is 24.8 Å². The van der Waals surface area contributed by atoms with Gasteiger partial charge >= 0.3 is 5.38 Å². The maximum atomic E-state index is 12.5. The van der Waals surface area contributed by atoms with Crippen molar-refractivity contribution in [2.24, 2.45) is 0 Å². The normalized spacial score (nSPS) is 18.3. The van der Waals surface area contributed by atoms with E-state index in [1.807, 2.05) is 0 Å². The van der Waals surface area contributed by atoms with Gasteiger partial charge in [0.2, 0.25) is 0 Å². The lowest BCUT2D eigenvalue weighted by Crippen LogP contribution is -2.31. The van der Waals surface area contributed by atoms with E-state index in [1.54, 1.807) is 0 Å². The molecule has 5 heteroatoms. The fourth-order valence-corrected chi connectivity index (χ4v) is 0.419. The molecule has 0 amide bonds. The van der Waals surface area contributed by atoms with E-state index in [9.17, 15) is 13.2 Å². The van der Waals surface area contributed by atoms with Crippen LogP contribution in [0.3, 0.4) is 0 Å². The van der Waals surface area contributed by atoms with Crippen molar-refractivity contribution in [1.82, 2.24) is 0 Å². The third-order valence-corrected chi connectivity index (χ3v) is 1.55. The summed E-state index contributed by atoms with van der Waals surface area (Å²) in [5.41, 5.74) is 0. The largest absolute Gasteiger partial charge is 0.372 e. The molecule has 1 atom stereocenters. The van der Waals surface area contributed by atoms with Crippen LogP contribution in [0.2, 0.25) is 0 Å². The van der Waals surface area contributed by atoms with Crippen molar-refractivity contribution in [1.29, 1.82) is 0 Å². The van der Waals surface area contributed by atoms with Crippen LogP contribution in [0.4, 0.5) is 13.2 Å². The van der Waals surface area contributed by atoms with Gasteiger partial charge in [-0.2, -0.15) is 8.78 Å². The first kappa shape index (κ1) is 10.8. The van der Waals surface area contributed by atoms with Crippen LogP contribution in [0.1, 0.15) is 0 Å². The Morgan fingerprint density at radius 1 is 1.18 bits per heavy atom. The maximum Gasteiger partial charge on any atom is 0.372 e. The minimum Gasteiger partial charge on any atom is -0.213 e. The standard InChI is InChI=1S/C6H5Cl2F3/c1-2-3-4-5(7,9)6(8,10)11/h2-4H,1H2/b4-3+. The van der Waals surface area contributed by atoms with Gasteiger partial charge in [-0.25, -0.2) is 4.39 Å².